The number of pyridine rings is 1. The molecule has 1 aliphatic rings. The fourth-order valence-corrected chi connectivity index (χ4v) is 4.75. The van der Waals surface area contributed by atoms with Crippen LogP contribution in [-0.2, 0) is 9.59 Å². The first kappa shape index (κ1) is 19.5. The number of nitrogens with zero attached hydrogens (tertiary/aromatic N) is 2. The van der Waals surface area contributed by atoms with Crippen LogP contribution in [-0.4, -0.2) is 21.8 Å². The Labute approximate surface area is 173 Å². The fourth-order valence-electron chi connectivity index (χ4n) is 3.80. The zero-order chi connectivity index (χ0) is 20.4. The van der Waals surface area contributed by atoms with Crippen molar-refractivity contribution >= 4 is 44.2 Å². The van der Waals surface area contributed by atoms with Crippen molar-refractivity contribution in [2.45, 2.75) is 46.0 Å². The van der Waals surface area contributed by atoms with E-state index < -0.39 is 0 Å². The molecule has 0 atom stereocenters. The van der Waals surface area contributed by atoms with Gasteiger partial charge in [0.25, 0.3) is 0 Å². The third-order valence-electron chi connectivity index (χ3n) is 5.31. The van der Waals surface area contributed by atoms with E-state index in [0.717, 1.165) is 45.6 Å². The van der Waals surface area contributed by atoms with E-state index in [1.54, 1.807) is 0 Å². The summed E-state index contributed by atoms with van der Waals surface area (Å²) in [6, 6.07) is 7.93. The molecule has 2 heterocycles. The molecule has 0 bridgehead atoms. The smallest absolute Gasteiger partial charge is 0.224 e. The molecule has 0 saturated heterocycles. The molecular weight excluding hydrogens is 384 g/mol. The van der Waals surface area contributed by atoms with Crippen molar-refractivity contribution in [2.75, 3.05) is 10.6 Å². The molecule has 0 radical (unpaired) electrons. The number of anilines is 2. The summed E-state index contributed by atoms with van der Waals surface area (Å²) in [5.74, 6) is 0.444. The van der Waals surface area contributed by atoms with Crippen LogP contribution in [0, 0.1) is 12.8 Å². The highest BCUT2D eigenvalue weighted by atomic mass is 32.1. The summed E-state index contributed by atoms with van der Waals surface area (Å²) in [7, 11) is 0. The van der Waals surface area contributed by atoms with Gasteiger partial charge in [0, 0.05) is 25.1 Å². The van der Waals surface area contributed by atoms with Crippen molar-refractivity contribution in [3.63, 3.8) is 0 Å². The molecule has 2 aromatic heterocycles. The van der Waals surface area contributed by atoms with Crippen LogP contribution in [0.15, 0.2) is 30.5 Å². The summed E-state index contributed by atoms with van der Waals surface area (Å²) < 4.78 is 0.985. The molecule has 0 spiro atoms. The standard InChI is InChI=1S/C22H24N4O2S/c1-13-19(25-21(28)9-15-5-3-4-6-15)10-17(12-23-13)16-7-8-18-20(11-16)29-22(26-18)24-14(2)27/h7-8,10-12,15H,3-6,9H2,1-2H3,(H,25,28)(H,24,26,27). The Kier molecular flexibility index (Phi) is 5.58. The number of fused-ring (bicyclic) bond motifs is 1. The van der Waals surface area contributed by atoms with Gasteiger partial charge in [-0.25, -0.2) is 4.98 Å². The highest BCUT2D eigenvalue weighted by molar-refractivity contribution is 7.22. The summed E-state index contributed by atoms with van der Waals surface area (Å²) in [4.78, 5) is 32.6. The van der Waals surface area contributed by atoms with Gasteiger partial charge in [-0.1, -0.05) is 30.2 Å². The minimum Gasteiger partial charge on any atom is -0.324 e. The Morgan fingerprint density at radius 1 is 1.14 bits per heavy atom. The second kappa shape index (κ2) is 8.29. The first-order valence-corrected chi connectivity index (χ1v) is 10.7. The normalized spacial score (nSPS) is 14.3. The van der Waals surface area contributed by atoms with E-state index in [1.165, 1.54) is 31.1 Å². The van der Waals surface area contributed by atoms with E-state index in [1.807, 2.05) is 37.4 Å². The Hall–Kier alpha value is -2.80. The molecule has 1 aliphatic carbocycles. The monoisotopic (exact) mass is 408 g/mol. The van der Waals surface area contributed by atoms with Crippen molar-refractivity contribution in [3.05, 3.63) is 36.2 Å². The number of thiazole rings is 1. The highest BCUT2D eigenvalue weighted by Crippen LogP contribution is 2.32. The van der Waals surface area contributed by atoms with E-state index in [0.29, 0.717) is 17.5 Å². The van der Waals surface area contributed by atoms with Crippen molar-refractivity contribution in [1.29, 1.82) is 0 Å². The van der Waals surface area contributed by atoms with Gasteiger partial charge in [0.15, 0.2) is 5.13 Å². The molecule has 6 nitrogen and oxygen atoms in total. The Morgan fingerprint density at radius 2 is 1.93 bits per heavy atom. The van der Waals surface area contributed by atoms with E-state index in [2.05, 4.69) is 20.6 Å². The van der Waals surface area contributed by atoms with Crippen LogP contribution >= 0.6 is 11.3 Å². The summed E-state index contributed by atoms with van der Waals surface area (Å²) in [6.07, 6.45) is 7.18. The lowest BCUT2D eigenvalue weighted by molar-refractivity contribution is -0.117. The van der Waals surface area contributed by atoms with Gasteiger partial charge in [0.1, 0.15) is 0 Å². The van der Waals surface area contributed by atoms with Gasteiger partial charge in [-0.15, -0.1) is 0 Å². The van der Waals surface area contributed by atoms with Crippen molar-refractivity contribution in [3.8, 4) is 11.1 Å². The van der Waals surface area contributed by atoms with Gasteiger partial charge >= 0.3 is 0 Å². The second-order valence-electron chi connectivity index (χ2n) is 7.64. The lowest BCUT2D eigenvalue weighted by Crippen LogP contribution is -2.16. The number of aromatic nitrogens is 2. The Balaban J connectivity index is 1.55. The van der Waals surface area contributed by atoms with Gasteiger partial charge in [-0.2, -0.15) is 0 Å². The number of hydrogen-bond acceptors (Lipinski definition) is 5. The van der Waals surface area contributed by atoms with Crippen molar-refractivity contribution in [1.82, 2.24) is 9.97 Å². The van der Waals surface area contributed by atoms with Crippen LogP contribution < -0.4 is 10.6 Å². The average Bonchev–Trinajstić information content (AvgIpc) is 3.31. The van der Waals surface area contributed by atoms with Crippen LogP contribution in [0.5, 0.6) is 0 Å². The number of benzene rings is 1. The predicted molar refractivity (Wildman–Crippen MR) is 117 cm³/mol. The summed E-state index contributed by atoms with van der Waals surface area (Å²) in [5, 5.41) is 6.37. The lowest BCUT2D eigenvalue weighted by atomic mass is 10.0. The maximum absolute atomic E-state index is 12.5. The number of amides is 2. The highest BCUT2D eigenvalue weighted by Gasteiger charge is 2.19. The number of rotatable bonds is 5. The maximum Gasteiger partial charge on any atom is 0.224 e. The fraction of sp³-hybridized carbons (Fsp3) is 0.364. The van der Waals surface area contributed by atoms with Crippen LogP contribution in [0.2, 0.25) is 0 Å². The largest absolute Gasteiger partial charge is 0.324 e. The number of carbonyl (C=O) groups is 2. The van der Waals surface area contributed by atoms with Gasteiger partial charge < -0.3 is 10.6 Å². The summed E-state index contributed by atoms with van der Waals surface area (Å²) in [5.41, 5.74) is 4.33. The Bertz CT molecular complexity index is 1070. The van der Waals surface area contributed by atoms with Crippen LogP contribution in [0.4, 0.5) is 10.8 Å². The van der Waals surface area contributed by atoms with Crippen LogP contribution in [0.25, 0.3) is 21.3 Å². The molecule has 2 amide bonds. The molecular formula is C22H24N4O2S. The molecule has 2 N–H and O–H groups in total. The molecule has 1 fully saturated rings. The topological polar surface area (TPSA) is 84.0 Å². The quantitative estimate of drug-likeness (QED) is 0.612. The van der Waals surface area contributed by atoms with E-state index in [9.17, 15) is 9.59 Å². The first-order chi connectivity index (χ1) is 14.0. The predicted octanol–water partition coefficient (Wildman–Crippen LogP) is 5.14. The zero-order valence-electron chi connectivity index (χ0n) is 16.6. The number of nitrogens with one attached hydrogen (secondary N) is 2. The molecule has 7 heteroatoms. The molecule has 1 saturated carbocycles. The molecule has 3 aromatic rings. The van der Waals surface area contributed by atoms with Crippen molar-refractivity contribution in [2.24, 2.45) is 5.92 Å². The SMILES string of the molecule is CC(=O)Nc1nc2ccc(-c3cnc(C)c(NC(=O)CC4CCCC4)c3)cc2s1. The Morgan fingerprint density at radius 3 is 2.69 bits per heavy atom. The summed E-state index contributed by atoms with van der Waals surface area (Å²) in [6.45, 7) is 3.37. The molecule has 4 rings (SSSR count). The van der Waals surface area contributed by atoms with Crippen LogP contribution in [0.3, 0.4) is 0 Å². The maximum atomic E-state index is 12.5. The summed E-state index contributed by atoms with van der Waals surface area (Å²) >= 11 is 1.44. The molecule has 0 aliphatic heterocycles. The molecule has 0 unspecified atom stereocenters. The van der Waals surface area contributed by atoms with Gasteiger partial charge in [-0.3, -0.25) is 14.6 Å². The number of carbonyl (C=O) groups excluding carboxylic acids is 2. The van der Waals surface area contributed by atoms with Gasteiger partial charge in [-0.05, 0) is 49.4 Å². The van der Waals surface area contributed by atoms with E-state index in [4.69, 9.17) is 0 Å². The van der Waals surface area contributed by atoms with E-state index >= 15 is 0 Å². The molecule has 150 valence electrons. The third kappa shape index (κ3) is 4.62. The van der Waals surface area contributed by atoms with Crippen LogP contribution in [0.1, 0.15) is 44.7 Å². The van der Waals surface area contributed by atoms with E-state index in [-0.39, 0.29) is 11.8 Å². The van der Waals surface area contributed by atoms with Crippen molar-refractivity contribution < 1.29 is 9.59 Å². The molecule has 1 aromatic carbocycles. The van der Waals surface area contributed by atoms with Gasteiger partial charge in [0.2, 0.25) is 11.8 Å². The zero-order valence-corrected chi connectivity index (χ0v) is 17.4. The lowest BCUT2D eigenvalue weighted by Gasteiger charge is -2.12. The second-order valence-corrected chi connectivity index (χ2v) is 8.67. The third-order valence-corrected chi connectivity index (χ3v) is 6.25. The van der Waals surface area contributed by atoms with Gasteiger partial charge in [0.05, 0.1) is 21.6 Å². The minimum absolute atomic E-state index is 0.0665. The number of aryl methyl sites for hydroxylation is 1. The first-order valence-electron chi connectivity index (χ1n) is 9.93. The average molecular weight is 409 g/mol. The molecule has 29 heavy (non-hydrogen) atoms. The minimum atomic E-state index is -0.134. The number of hydrogen-bond donors (Lipinski definition) is 2.